The predicted molar refractivity (Wildman–Crippen MR) is 69.6 cm³/mol. The van der Waals surface area contributed by atoms with E-state index in [2.05, 4.69) is 21.4 Å². The molecule has 2 nitrogen and oxygen atoms in total. The molecule has 100 valence electrons. The van der Waals surface area contributed by atoms with E-state index in [0.29, 0.717) is 5.56 Å². The summed E-state index contributed by atoms with van der Waals surface area (Å²) in [5.74, 6) is 3.47. The summed E-state index contributed by atoms with van der Waals surface area (Å²) in [5, 5.41) is 0. The van der Waals surface area contributed by atoms with Crippen molar-refractivity contribution in [1.82, 2.24) is 5.43 Å². The molecule has 0 bridgehead atoms. The summed E-state index contributed by atoms with van der Waals surface area (Å²) in [5.41, 5.74) is 2.58. The van der Waals surface area contributed by atoms with Gasteiger partial charge in [-0.15, -0.1) is 0 Å². The average Bonchev–Trinajstić information content (AvgIpc) is 2.37. The summed E-state index contributed by atoms with van der Waals surface area (Å²) in [4.78, 5) is 0. The molecule has 0 saturated heterocycles. The smallest absolute Gasteiger partial charge is 0.137 e. The minimum Gasteiger partial charge on any atom is -0.271 e. The van der Waals surface area contributed by atoms with Crippen molar-refractivity contribution in [3.05, 3.63) is 69.4 Å². The summed E-state index contributed by atoms with van der Waals surface area (Å²) in [6, 6.07) is 6.67. The molecule has 0 amide bonds. The van der Waals surface area contributed by atoms with Crippen molar-refractivity contribution in [2.45, 2.75) is 6.04 Å². The largest absolute Gasteiger partial charge is 0.271 e. The highest BCUT2D eigenvalue weighted by molar-refractivity contribution is 9.10. The Morgan fingerprint density at radius 3 is 2.16 bits per heavy atom. The van der Waals surface area contributed by atoms with Crippen LogP contribution in [0.1, 0.15) is 17.2 Å². The van der Waals surface area contributed by atoms with Gasteiger partial charge < -0.3 is 0 Å². The Balaban J connectivity index is 2.53. The topological polar surface area (TPSA) is 38.0 Å². The lowest BCUT2D eigenvalue weighted by Gasteiger charge is -2.18. The van der Waals surface area contributed by atoms with E-state index in [1.807, 2.05) is 0 Å². The van der Waals surface area contributed by atoms with E-state index in [4.69, 9.17) is 5.84 Å². The molecule has 2 rings (SSSR count). The number of hydrogen-bond acceptors (Lipinski definition) is 2. The Morgan fingerprint density at radius 2 is 1.63 bits per heavy atom. The first-order valence-electron chi connectivity index (χ1n) is 5.39. The van der Waals surface area contributed by atoms with Gasteiger partial charge in [0, 0.05) is 5.56 Å². The van der Waals surface area contributed by atoms with Crippen LogP contribution in [0.3, 0.4) is 0 Å². The molecule has 1 atom stereocenters. The van der Waals surface area contributed by atoms with Gasteiger partial charge in [0.15, 0.2) is 0 Å². The standard InChI is InChI=1S/C13H10BrF3N2/c14-8-6-7(4-5-9(8)15)13(19-18)12-10(16)2-1-3-11(12)17/h1-6,13,19H,18H2. The van der Waals surface area contributed by atoms with Gasteiger partial charge in [0.25, 0.3) is 0 Å². The van der Waals surface area contributed by atoms with Crippen LogP contribution in [0.4, 0.5) is 13.2 Å². The third-order valence-electron chi connectivity index (χ3n) is 2.73. The van der Waals surface area contributed by atoms with Crippen LogP contribution >= 0.6 is 15.9 Å². The number of hydrazine groups is 1. The molecular formula is C13H10BrF3N2. The van der Waals surface area contributed by atoms with E-state index in [1.54, 1.807) is 0 Å². The van der Waals surface area contributed by atoms with Crippen molar-refractivity contribution in [3.8, 4) is 0 Å². The third kappa shape index (κ3) is 2.80. The Labute approximate surface area is 116 Å². The summed E-state index contributed by atoms with van der Waals surface area (Å²) in [6.45, 7) is 0. The maximum Gasteiger partial charge on any atom is 0.137 e. The van der Waals surface area contributed by atoms with Gasteiger partial charge in [0.05, 0.1) is 10.5 Å². The van der Waals surface area contributed by atoms with Gasteiger partial charge in [0.2, 0.25) is 0 Å². The minimum absolute atomic E-state index is 0.196. The molecule has 0 heterocycles. The lowest BCUT2D eigenvalue weighted by Crippen LogP contribution is -2.30. The molecule has 0 spiro atoms. The summed E-state index contributed by atoms with van der Waals surface area (Å²) >= 11 is 3.02. The van der Waals surface area contributed by atoms with E-state index in [9.17, 15) is 13.2 Å². The second kappa shape index (κ2) is 5.73. The number of nitrogens with one attached hydrogen (secondary N) is 1. The molecule has 0 aliphatic heterocycles. The number of rotatable bonds is 3. The second-order valence-corrected chi connectivity index (χ2v) is 4.76. The van der Waals surface area contributed by atoms with Gasteiger partial charge >= 0.3 is 0 Å². The van der Waals surface area contributed by atoms with Crippen molar-refractivity contribution in [2.75, 3.05) is 0 Å². The van der Waals surface area contributed by atoms with Gasteiger partial charge in [-0.2, -0.15) is 0 Å². The first kappa shape index (κ1) is 14.0. The van der Waals surface area contributed by atoms with Crippen molar-refractivity contribution >= 4 is 15.9 Å². The Bertz CT molecular complexity index is 584. The Morgan fingerprint density at radius 1 is 1.00 bits per heavy atom. The molecule has 0 aliphatic carbocycles. The Kier molecular flexibility index (Phi) is 4.24. The molecule has 0 fully saturated rings. The first-order chi connectivity index (χ1) is 9.04. The van der Waals surface area contributed by atoms with Crippen LogP contribution in [-0.4, -0.2) is 0 Å². The predicted octanol–water partition coefficient (Wildman–Crippen LogP) is 3.42. The SMILES string of the molecule is NNC(c1ccc(F)c(Br)c1)c1c(F)cccc1F. The van der Waals surface area contributed by atoms with Gasteiger partial charge in [-0.1, -0.05) is 12.1 Å². The molecule has 2 aromatic carbocycles. The summed E-state index contributed by atoms with van der Waals surface area (Å²) in [7, 11) is 0. The minimum atomic E-state index is -0.905. The summed E-state index contributed by atoms with van der Waals surface area (Å²) < 4.78 is 40.8. The maximum atomic E-state index is 13.7. The van der Waals surface area contributed by atoms with Gasteiger partial charge in [0.1, 0.15) is 17.5 Å². The van der Waals surface area contributed by atoms with E-state index in [1.165, 1.54) is 24.3 Å². The molecular weight excluding hydrogens is 321 g/mol. The van der Waals surface area contributed by atoms with E-state index >= 15 is 0 Å². The van der Waals surface area contributed by atoms with E-state index < -0.39 is 23.5 Å². The van der Waals surface area contributed by atoms with E-state index in [0.717, 1.165) is 12.1 Å². The van der Waals surface area contributed by atoms with Crippen LogP contribution in [-0.2, 0) is 0 Å². The normalized spacial score (nSPS) is 12.5. The monoisotopic (exact) mass is 330 g/mol. The zero-order valence-corrected chi connectivity index (χ0v) is 11.2. The second-order valence-electron chi connectivity index (χ2n) is 3.91. The van der Waals surface area contributed by atoms with Gasteiger partial charge in [-0.05, 0) is 45.8 Å². The highest BCUT2D eigenvalue weighted by Crippen LogP contribution is 2.28. The molecule has 19 heavy (non-hydrogen) atoms. The van der Waals surface area contributed by atoms with Crippen LogP contribution in [0.2, 0.25) is 0 Å². The Hall–Kier alpha value is -1.37. The fourth-order valence-corrected chi connectivity index (χ4v) is 2.22. The summed E-state index contributed by atoms with van der Waals surface area (Å²) in [6.07, 6.45) is 0. The quantitative estimate of drug-likeness (QED) is 0.668. The fourth-order valence-electron chi connectivity index (χ4n) is 1.82. The van der Waals surface area contributed by atoms with Crippen molar-refractivity contribution < 1.29 is 13.2 Å². The highest BCUT2D eigenvalue weighted by atomic mass is 79.9. The highest BCUT2D eigenvalue weighted by Gasteiger charge is 2.21. The number of nitrogens with two attached hydrogens (primary N) is 1. The molecule has 0 radical (unpaired) electrons. The lowest BCUT2D eigenvalue weighted by molar-refractivity contribution is 0.510. The van der Waals surface area contributed by atoms with Gasteiger partial charge in [-0.3, -0.25) is 5.84 Å². The zero-order valence-electron chi connectivity index (χ0n) is 9.63. The molecule has 0 saturated carbocycles. The maximum absolute atomic E-state index is 13.7. The van der Waals surface area contributed by atoms with Crippen LogP contribution in [0, 0.1) is 17.5 Å². The van der Waals surface area contributed by atoms with Crippen molar-refractivity contribution in [3.63, 3.8) is 0 Å². The fraction of sp³-hybridized carbons (Fsp3) is 0.0769. The van der Waals surface area contributed by atoms with Crippen LogP contribution in [0.5, 0.6) is 0 Å². The first-order valence-corrected chi connectivity index (χ1v) is 6.19. The van der Waals surface area contributed by atoms with Crippen molar-refractivity contribution in [2.24, 2.45) is 5.84 Å². The molecule has 6 heteroatoms. The lowest BCUT2D eigenvalue weighted by atomic mass is 9.98. The van der Waals surface area contributed by atoms with E-state index in [-0.39, 0.29) is 10.0 Å². The number of halogens is 4. The molecule has 3 N–H and O–H groups in total. The van der Waals surface area contributed by atoms with Gasteiger partial charge in [-0.25, -0.2) is 18.6 Å². The van der Waals surface area contributed by atoms with Crippen LogP contribution in [0.15, 0.2) is 40.9 Å². The number of benzene rings is 2. The third-order valence-corrected chi connectivity index (χ3v) is 3.34. The van der Waals surface area contributed by atoms with Crippen LogP contribution < -0.4 is 11.3 Å². The van der Waals surface area contributed by atoms with Crippen molar-refractivity contribution in [1.29, 1.82) is 0 Å². The molecule has 2 aromatic rings. The zero-order chi connectivity index (χ0) is 14.0. The van der Waals surface area contributed by atoms with Crippen LogP contribution in [0.25, 0.3) is 0 Å². The molecule has 1 unspecified atom stereocenters. The molecule has 0 aromatic heterocycles. The molecule has 0 aliphatic rings. The number of hydrogen-bond donors (Lipinski definition) is 2. The average molecular weight is 331 g/mol.